The van der Waals surface area contributed by atoms with E-state index in [1.807, 2.05) is 48.5 Å². The van der Waals surface area contributed by atoms with Gasteiger partial charge in [0.1, 0.15) is 0 Å². The van der Waals surface area contributed by atoms with E-state index in [2.05, 4.69) is 0 Å². The average Bonchev–Trinajstić information content (AvgIpc) is 2.52. The van der Waals surface area contributed by atoms with E-state index in [0.29, 0.717) is 12.2 Å². The van der Waals surface area contributed by atoms with Crippen LogP contribution in [0.25, 0.3) is 0 Å². The Labute approximate surface area is 126 Å². The smallest absolute Gasteiger partial charge is 0.237 e. The van der Waals surface area contributed by atoms with Crippen LogP contribution in [0, 0.1) is 0 Å². The second kappa shape index (κ2) is 7.24. The number of nitrogens with zero attached hydrogens (tertiary/aromatic N) is 1. The summed E-state index contributed by atoms with van der Waals surface area (Å²) in [6, 6.07) is 18.7. The van der Waals surface area contributed by atoms with Gasteiger partial charge in [0.05, 0.1) is 24.6 Å². The number of sulfonamides is 1. The van der Waals surface area contributed by atoms with Crippen molar-refractivity contribution in [1.29, 1.82) is 0 Å². The largest absolute Gasteiger partial charge is 0.384 e. The first-order valence-electron chi connectivity index (χ1n) is 6.72. The van der Waals surface area contributed by atoms with Crippen LogP contribution in [0.5, 0.6) is 0 Å². The third-order valence-electron chi connectivity index (χ3n) is 3.09. The Morgan fingerprint density at radius 3 is 2.10 bits per heavy atom. The van der Waals surface area contributed by atoms with Crippen molar-refractivity contribution in [3.05, 3.63) is 66.2 Å². The van der Waals surface area contributed by atoms with Crippen LogP contribution in [0.3, 0.4) is 0 Å². The van der Waals surface area contributed by atoms with Crippen LogP contribution in [0.4, 0.5) is 5.69 Å². The molecule has 0 aliphatic heterocycles. The van der Waals surface area contributed by atoms with Gasteiger partial charge in [-0.2, -0.15) is 0 Å². The summed E-state index contributed by atoms with van der Waals surface area (Å²) in [5, 5.41) is 0. The number of rotatable bonds is 7. The molecule has 4 nitrogen and oxygen atoms in total. The maximum atomic E-state index is 12.5. The van der Waals surface area contributed by atoms with Crippen molar-refractivity contribution < 1.29 is 13.2 Å². The van der Waals surface area contributed by atoms with Crippen LogP contribution in [0.1, 0.15) is 5.56 Å². The van der Waals surface area contributed by atoms with E-state index in [0.717, 1.165) is 5.56 Å². The number of benzene rings is 2. The molecule has 0 unspecified atom stereocenters. The van der Waals surface area contributed by atoms with Gasteiger partial charge in [0.25, 0.3) is 0 Å². The summed E-state index contributed by atoms with van der Waals surface area (Å²) in [4.78, 5) is 0. The Bertz CT molecular complexity index is 642. The Balaban J connectivity index is 2.31. The topological polar surface area (TPSA) is 46.6 Å². The lowest BCUT2D eigenvalue weighted by molar-refractivity contribution is 0.217. The zero-order valence-corrected chi connectivity index (χ0v) is 12.8. The first kappa shape index (κ1) is 15.5. The zero-order valence-electron chi connectivity index (χ0n) is 12.0. The maximum absolute atomic E-state index is 12.5. The normalized spacial score (nSPS) is 11.3. The predicted molar refractivity (Wildman–Crippen MR) is 84.7 cm³/mol. The Hall–Kier alpha value is -1.85. The van der Waals surface area contributed by atoms with E-state index < -0.39 is 10.0 Å². The first-order valence-corrected chi connectivity index (χ1v) is 8.33. The van der Waals surface area contributed by atoms with Crippen molar-refractivity contribution in [3.8, 4) is 0 Å². The first-order chi connectivity index (χ1) is 10.1. The van der Waals surface area contributed by atoms with E-state index in [9.17, 15) is 8.42 Å². The molecule has 0 radical (unpaired) electrons. The summed E-state index contributed by atoms with van der Waals surface area (Å²) >= 11 is 0. The molecular formula is C16H19NO3S. The van der Waals surface area contributed by atoms with Gasteiger partial charge in [-0.15, -0.1) is 0 Å². The highest BCUT2D eigenvalue weighted by molar-refractivity contribution is 7.92. The quantitative estimate of drug-likeness (QED) is 0.790. The molecule has 2 aromatic carbocycles. The summed E-state index contributed by atoms with van der Waals surface area (Å²) in [7, 11) is -1.93. The molecule has 0 bridgehead atoms. The van der Waals surface area contributed by atoms with Crippen LogP contribution in [-0.2, 0) is 21.3 Å². The molecule has 112 valence electrons. The fraction of sp³-hybridized carbons (Fsp3) is 0.250. The monoisotopic (exact) mass is 305 g/mol. The number of anilines is 1. The van der Waals surface area contributed by atoms with Crippen LogP contribution in [-0.4, -0.2) is 27.9 Å². The molecule has 0 saturated heterocycles. The van der Waals surface area contributed by atoms with E-state index in [-0.39, 0.29) is 12.4 Å². The van der Waals surface area contributed by atoms with Gasteiger partial charge in [-0.1, -0.05) is 48.5 Å². The predicted octanol–water partition coefficient (Wildman–Crippen LogP) is 2.67. The average molecular weight is 305 g/mol. The van der Waals surface area contributed by atoms with Gasteiger partial charge in [0.15, 0.2) is 0 Å². The van der Waals surface area contributed by atoms with E-state index >= 15 is 0 Å². The third kappa shape index (κ3) is 4.31. The van der Waals surface area contributed by atoms with Gasteiger partial charge in [-0.05, 0) is 17.7 Å². The minimum absolute atomic E-state index is 0.0365. The molecule has 2 rings (SSSR count). The molecule has 0 saturated carbocycles. The highest BCUT2D eigenvalue weighted by atomic mass is 32.2. The molecule has 21 heavy (non-hydrogen) atoms. The van der Waals surface area contributed by atoms with Crippen molar-refractivity contribution in [3.63, 3.8) is 0 Å². The van der Waals surface area contributed by atoms with Crippen LogP contribution in [0.2, 0.25) is 0 Å². The SMILES string of the molecule is COCCS(=O)(=O)N(Cc1ccccc1)c1ccccc1. The second-order valence-electron chi connectivity index (χ2n) is 4.64. The molecule has 0 heterocycles. The molecule has 0 aromatic heterocycles. The zero-order chi connectivity index (χ0) is 15.1. The minimum atomic E-state index is -3.43. The summed E-state index contributed by atoms with van der Waals surface area (Å²) in [5.74, 6) is -0.0365. The number of ether oxygens (including phenoxy) is 1. The number of para-hydroxylation sites is 1. The van der Waals surface area contributed by atoms with Gasteiger partial charge >= 0.3 is 0 Å². The van der Waals surface area contributed by atoms with Crippen LogP contribution < -0.4 is 4.31 Å². The minimum Gasteiger partial charge on any atom is -0.384 e. The van der Waals surface area contributed by atoms with Gasteiger partial charge in [-0.25, -0.2) is 8.42 Å². The maximum Gasteiger partial charge on any atom is 0.237 e. The lowest BCUT2D eigenvalue weighted by Crippen LogP contribution is -2.33. The molecule has 0 N–H and O–H groups in total. The van der Waals surface area contributed by atoms with Crippen molar-refractivity contribution in [2.24, 2.45) is 0 Å². The van der Waals surface area contributed by atoms with Crippen molar-refractivity contribution >= 4 is 15.7 Å². The number of methoxy groups -OCH3 is 1. The van der Waals surface area contributed by atoms with Gasteiger partial charge in [0.2, 0.25) is 10.0 Å². The fourth-order valence-electron chi connectivity index (χ4n) is 1.99. The Morgan fingerprint density at radius 1 is 0.952 bits per heavy atom. The van der Waals surface area contributed by atoms with Crippen molar-refractivity contribution in [2.75, 3.05) is 23.8 Å². The standard InChI is InChI=1S/C16H19NO3S/c1-20-12-13-21(18,19)17(16-10-6-3-7-11-16)14-15-8-4-2-5-9-15/h2-11H,12-14H2,1H3. The fourth-order valence-corrected chi connectivity index (χ4v) is 3.38. The molecule has 0 aliphatic rings. The number of hydrogen-bond donors (Lipinski definition) is 0. The molecule has 0 spiro atoms. The van der Waals surface area contributed by atoms with Crippen molar-refractivity contribution in [2.45, 2.75) is 6.54 Å². The lowest BCUT2D eigenvalue weighted by Gasteiger charge is -2.24. The van der Waals surface area contributed by atoms with Gasteiger partial charge < -0.3 is 4.74 Å². The van der Waals surface area contributed by atoms with Crippen molar-refractivity contribution in [1.82, 2.24) is 0 Å². The van der Waals surface area contributed by atoms with Crippen LogP contribution >= 0.6 is 0 Å². The van der Waals surface area contributed by atoms with E-state index in [1.165, 1.54) is 11.4 Å². The Kier molecular flexibility index (Phi) is 5.36. The number of hydrogen-bond acceptors (Lipinski definition) is 3. The molecule has 5 heteroatoms. The lowest BCUT2D eigenvalue weighted by atomic mass is 10.2. The summed E-state index contributed by atoms with van der Waals surface area (Å²) in [6.07, 6.45) is 0. The summed E-state index contributed by atoms with van der Waals surface area (Å²) < 4.78 is 31.4. The molecule has 0 atom stereocenters. The molecule has 0 fully saturated rings. The molecular weight excluding hydrogens is 286 g/mol. The molecule has 0 amide bonds. The second-order valence-corrected chi connectivity index (χ2v) is 6.65. The molecule has 0 aliphatic carbocycles. The van der Waals surface area contributed by atoms with Gasteiger partial charge in [0, 0.05) is 7.11 Å². The summed E-state index contributed by atoms with van der Waals surface area (Å²) in [6.45, 7) is 0.497. The van der Waals surface area contributed by atoms with E-state index in [4.69, 9.17) is 4.74 Å². The highest BCUT2D eigenvalue weighted by Gasteiger charge is 2.22. The third-order valence-corrected chi connectivity index (χ3v) is 4.79. The Morgan fingerprint density at radius 2 is 1.52 bits per heavy atom. The molecule has 2 aromatic rings. The highest BCUT2D eigenvalue weighted by Crippen LogP contribution is 2.21. The van der Waals surface area contributed by atoms with E-state index in [1.54, 1.807) is 12.1 Å². The van der Waals surface area contributed by atoms with Gasteiger partial charge in [-0.3, -0.25) is 4.31 Å². The summed E-state index contributed by atoms with van der Waals surface area (Å²) in [5.41, 5.74) is 1.61. The van der Waals surface area contributed by atoms with Crippen LogP contribution in [0.15, 0.2) is 60.7 Å².